The summed E-state index contributed by atoms with van der Waals surface area (Å²) in [7, 11) is 0. The van der Waals surface area contributed by atoms with Crippen LogP contribution in [0, 0.1) is 0 Å². The van der Waals surface area contributed by atoms with Crippen molar-refractivity contribution in [3.8, 4) is 0 Å². The van der Waals surface area contributed by atoms with Crippen LogP contribution in [0.15, 0.2) is 0 Å². The van der Waals surface area contributed by atoms with Crippen LogP contribution in [0.3, 0.4) is 0 Å². The first kappa shape index (κ1) is 863. The monoisotopic (exact) mass is 147 g/mol. The van der Waals surface area contributed by atoms with E-state index in [-0.39, 0.29) is 57.1 Å². The summed E-state index contributed by atoms with van der Waals surface area (Å²) in [6, 6.07) is 0. The maximum absolute atomic E-state index is 0. The van der Waals surface area contributed by atoms with E-state index in [1.54, 1.807) is 0 Å². The normalized spacial score (nSPS) is 0. The second-order valence-electron chi connectivity index (χ2n) is 0. The summed E-state index contributed by atoms with van der Waals surface area (Å²) in [6.07, 6.45) is 0. The fourth-order valence-electron chi connectivity index (χ4n) is 0. The van der Waals surface area contributed by atoms with Gasteiger partial charge in [-0.1, -0.05) is 0 Å². The Labute approximate surface area is 57.8 Å². The van der Waals surface area contributed by atoms with Crippen molar-refractivity contribution in [1.82, 2.24) is 0 Å². The SMILES string of the molecule is [Al+3].[Cl-].[OH-].[OH-].[OH-].[OH-].[OH-]. The molecule has 0 rings (SSSR count). The van der Waals surface area contributed by atoms with Gasteiger partial charge in [0, 0.05) is 0 Å². The van der Waals surface area contributed by atoms with Crippen LogP contribution in [-0.2, 0) is 0 Å². The summed E-state index contributed by atoms with van der Waals surface area (Å²) in [4.78, 5) is 0. The molecule has 0 aromatic heterocycles. The van der Waals surface area contributed by atoms with Crippen molar-refractivity contribution < 1.29 is 39.8 Å². The maximum Gasteiger partial charge on any atom is 3.00 e. The predicted molar refractivity (Wildman–Crippen MR) is 15.4 cm³/mol. The molecule has 0 bridgehead atoms. The maximum atomic E-state index is 0. The molecular formula is H5AlClO5-3. The molecule has 0 amide bonds. The quantitative estimate of drug-likeness (QED) is 0.318. The summed E-state index contributed by atoms with van der Waals surface area (Å²) >= 11 is 0. The first-order chi connectivity index (χ1) is 0. The second-order valence-corrected chi connectivity index (χ2v) is 0. The van der Waals surface area contributed by atoms with Gasteiger partial charge in [-0.3, -0.25) is 0 Å². The molecule has 7 heavy (non-hydrogen) atoms. The number of hydrogen-bond donors (Lipinski definition) is 0. The molecule has 0 unspecified atom stereocenters. The van der Waals surface area contributed by atoms with E-state index in [9.17, 15) is 0 Å². The van der Waals surface area contributed by atoms with Crippen molar-refractivity contribution in [3.63, 3.8) is 0 Å². The van der Waals surface area contributed by atoms with Gasteiger partial charge in [0.15, 0.2) is 0 Å². The van der Waals surface area contributed by atoms with Gasteiger partial charge in [-0.25, -0.2) is 0 Å². The second kappa shape index (κ2) is 540. The largest absolute Gasteiger partial charge is 3.00 e. The molecule has 0 heterocycles. The van der Waals surface area contributed by atoms with Crippen molar-refractivity contribution >= 4 is 17.4 Å². The number of halogens is 1. The predicted octanol–water partition coefficient (Wildman–Crippen LogP) is -4.26. The molecule has 0 fully saturated rings. The third-order valence-electron chi connectivity index (χ3n) is 0. The molecule has 0 radical (unpaired) electrons. The third kappa shape index (κ3) is 365. The third-order valence-corrected chi connectivity index (χ3v) is 0. The molecule has 0 aromatic rings. The van der Waals surface area contributed by atoms with Gasteiger partial charge in [0.2, 0.25) is 0 Å². The Morgan fingerprint density at radius 1 is 0.429 bits per heavy atom. The molecular weight excluding hydrogens is 142 g/mol. The minimum absolute atomic E-state index is 0. The zero-order chi connectivity index (χ0) is 0. The van der Waals surface area contributed by atoms with Gasteiger partial charge < -0.3 is 39.8 Å². The van der Waals surface area contributed by atoms with Crippen LogP contribution in [0.5, 0.6) is 0 Å². The zero-order valence-electron chi connectivity index (χ0n) is 3.19. The molecule has 5 nitrogen and oxygen atoms in total. The van der Waals surface area contributed by atoms with E-state index in [1.165, 1.54) is 0 Å². The van der Waals surface area contributed by atoms with E-state index in [1.807, 2.05) is 0 Å². The van der Waals surface area contributed by atoms with Crippen molar-refractivity contribution in [3.05, 3.63) is 0 Å². The zero-order valence-corrected chi connectivity index (χ0v) is 5.10. The molecule has 0 aliphatic carbocycles. The molecule has 0 saturated carbocycles. The molecule has 0 spiro atoms. The van der Waals surface area contributed by atoms with Crippen molar-refractivity contribution in [1.29, 1.82) is 0 Å². The average molecular weight is 147 g/mol. The Balaban J connectivity index is 0. The molecule has 7 heteroatoms. The average Bonchev–Trinajstić information content (AvgIpc) is 0. The summed E-state index contributed by atoms with van der Waals surface area (Å²) in [6.45, 7) is 0. The molecule has 48 valence electrons. The Morgan fingerprint density at radius 2 is 0.429 bits per heavy atom. The Kier molecular flexibility index (Phi) is 66600. The van der Waals surface area contributed by atoms with Gasteiger partial charge in [-0.15, -0.1) is 0 Å². The first-order valence-electron chi connectivity index (χ1n) is 0. The van der Waals surface area contributed by atoms with E-state index < -0.39 is 0 Å². The van der Waals surface area contributed by atoms with Crippen molar-refractivity contribution in [2.24, 2.45) is 0 Å². The van der Waals surface area contributed by atoms with Crippen LogP contribution < -0.4 is 12.4 Å². The Morgan fingerprint density at radius 3 is 0.429 bits per heavy atom. The van der Waals surface area contributed by atoms with Gasteiger partial charge in [-0.2, -0.15) is 0 Å². The van der Waals surface area contributed by atoms with E-state index >= 15 is 0 Å². The van der Waals surface area contributed by atoms with E-state index in [4.69, 9.17) is 0 Å². The van der Waals surface area contributed by atoms with E-state index in [2.05, 4.69) is 0 Å². The van der Waals surface area contributed by atoms with Crippen LogP contribution in [0.1, 0.15) is 0 Å². The van der Waals surface area contributed by atoms with Gasteiger partial charge in [0.05, 0.1) is 0 Å². The standard InChI is InChI=1S/Al.ClH.5H2O/h;1H;5*1H2/q+3;;;;;;/p-6. The minimum Gasteiger partial charge on any atom is -1.00 e. The summed E-state index contributed by atoms with van der Waals surface area (Å²) in [5.74, 6) is 0. The Hall–Kier alpha value is 0.622. The van der Waals surface area contributed by atoms with Gasteiger partial charge in [-0.05, 0) is 0 Å². The molecule has 0 aromatic carbocycles. The van der Waals surface area contributed by atoms with E-state index in [0.717, 1.165) is 0 Å². The van der Waals surface area contributed by atoms with Gasteiger partial charge in [0.25, 0.3) is 0 Å². The molecule has 0 saturated heterocycles. The number of rotatable bonds is 0. The van der Waals surface area contributed by atoms with Crippen LogP contribution in [0.2, 0.25) is 0 Å². The van der Waals surface area contributed by atoms with Crippen LogP contribution in [-0.4, -0.2) is 44.7 Å². The summed E-state index contributed by atoms with van der Waals surface area (Å²) in [5, 5.41) is 0. The van der Waals surface area contributed by atoms with Crippen molar-refractivity contribution in [2.45, 2.75) is 0 Å². The topological polar surface area (TPSA) is 150 Å². The van der Waals surface area contributed by atoms with Gasteiger partial charge >= 0.3 is 17.4 Å². The molecule has 0 aliphatic rings. The minimum atomic E-state index is 0. The number of hydrogen-bond acceptors (Lipinski definition) is 5. The Bertz CT molecular complexity index is 8.04. The van der Waals surface area contributed by atoms with Crippen LogP contribution in [0.25, 0.3) is 0 Å². The van der Waals surface area contributed by atoms with Gasteiger partial charge in [0.1, 0.15) is 0 Å². The summed E-state index contributed by atoms with van der Waals surface area (Å²) in [5.41, 5.74) is 0. The van der Waals surface area contributed by atoms with Crippen LogP contribution >= 0.6 is 0 Å². The smallest absolute Gasteiger partial charge is 1.00 e. The fourth-order valence-corrected chi connectivity index (χ4v) is 0. The molecule has 0 atom stereocenters. The molecule has 0 aliphatic heterocycles. The van der Waals surface area contributed by atoms with E-state index in [0.29, 0.717) is 0 Å². The first-order valence-corrected chi connectivity index (χ1v) is 0. The summed E-state index contributed by atoms with van der Waals surface area (Å²) < 4.78 is 0. The van der Waals surface area contributed by atoms with Crippen molar-refractivity contribution in [2.75, 3.05) is 0 Å². The molecule has 5 N–H and O–H groups in total. The van der Waals surface area contributed by atoms with Crippen LogP contribution in [0.4, 0.5) is 0 Å². The fraction of sp³-hybridized carbons (Fsp3) is 0.